The van der Waals surface area contributed by atoms with Gasteiger partial charge in [0.15, 0.2) is 10.0 Å². The molecule has 0 unspecified atom stereocenters. The van der Waals surface area contributed by atoms with Crippen molar-refractivity contribution in [1.29, 1.82) is 0 Å². The number of thiazole rings is 3. The second kappa shape index (κ2) is 16.1. The molecule has 64 heavy (non-hydrogen) atoms. The maximum absolute atomic E-state index is 13.2. The number of aromatic nitrogens is 3. The molecule has 0 N–H and O–H groups in total. The number of fused-ring (bicyclic) bond motifs is 9. The van der Waals surface area contributed by atoms with Crippen LogP contribution in [0.2, 0.25) is 19.6 Å². The summed E-state index contributed by atoms with van der Waals surface area (Å²) >= 11 is 2.25. The molecule has 0 atom stereocenters. The summed E-state index contributed by atoms with van der Waals surface area (Å²) in [5.41, 5.74) is -2.60. The minimum atomic E-state index is -5.04. The van der Waals surface area contributed by atoms with Gasteiger partial charge >= 0.3 is 30.9 Å². The van der Waals surface area contributed by atoms with Gasteiger partial charge in [-0.15, -0.1) is 34.0 Å². The third kappa shape index (κ3) is 9.64. The van der Waals surface area contributed by atoms with Gasteiger partial charge in [0.2, 0.25) is 0 Å². The van der Waals surface area contributed by atoms with Crippen LogP contribution in [0, 0.1) is 6.92 Å². The van der Waals surface area contributed by atoms with Crippen LogP contribution in [0.25, 0.3) is 63.0 Å². The third-order valence-corrected chi connectivity index (χ3v) is 14.8. The Balaban J connectivity index is 0.000000145. The van der Waals surface area contributed by atoms with E-state index in [1.807, 2.05) is 31.2 Å². The van der Waals surface area contributed by atoms with Crippen molar-refractivity contribution in [3.8, 4) is 0 Å². The molecule has 0 aliphatic rings. The fraction of sp³-hybridized carbons (Fsp3) is 0.214. The predicted octanol–water partition coefficient (Wildman–Crippen LogP) is 16.3. The summed E-state index contributed by atoms with van der Waals surface area (Å²) in [6.07, 6.45) is -23.5. The van der Waals surface area contributed by atoms with Gasteiger partial charge in [-0.3, -0.25) is 0 Å². The molecule has 9 rings (SSSR count). The summed E-state index contributed by atoms with van der Waals surface area (Å²) in [7, 11) is -1.44. The summed E-state index contributed by atoms with van der Waals surface area (Å²) in [6.45, 7) is 8.63. The van der Waals surface area contributed by atoms with Gasteiger partial charge in [0, 0.05) is 16.2 Å². The van der Waals surface area contributed by atoms with Crippen LogP contribution >= 0.6 is 34.0 Å². The molecular formula is C42H26F15N3S3Si. The van der Waals surface area contributed by atoms with E-state index in [0.29, 0.717) is 45.1 Å². The van der Waals surface area contributed by atoms with E-state index in [1.54, 1.807) is 23.5 Å². The Bertz CT molecular complexity index is 3220. The van der Waals surface area contributed by atoms with Gasteiger partial charge in [-0.2, -0.15) is 65.9 Å². The summed E-state index contributed by atoms with van der Waals surface area (Å²) in [4.78, 5) is 11.5. The molecule has 3 nitrogen and oxygen atoms in total. The number of alkyl halides is 15. The van der Waals surface area contributed by atoms with Gasteiger partial charge in [-0.25, -0.2) is 15.0 Å². The minimum absolute atomic E-state index is 0.000741. The third-order valence-electron chi connectivity index (χ3n) is 9.66. The highest BCUT2D eigenvalue weighted by Crippen LogP contribution is 2.45. The molecule has 0 saturated heterocycles. The molecule has 6 aromatic carbocycles. The van der Waals surface area contributed by atoms with Crippen molar-refractivity contribution in [3.63, 3.8) is 0 Å². The van der Waals surface area contributed by atoms with Gasteiger partial charge in [0.25, 0.3) is 0 Å². The zero-order chi connectivity index (χ0) is 47.1. The van der Waals surface area contributed by atoms with Crippen molar-refractivity contribution < 1.29 is 65.9 Å². The molecule has 0 amide bonds. The molecule has 0 saturated carbocycles. The highest BCUT2D eigenvalue weighted by atomic mass is 32.1. The first-order valence-electron chi connectivity index (χ1n) is 18.3. The Morgan fingerprint density at radius 1 is 0.406 bits per heavy atom. The summed E-state index contributed by atoms with van der Waals surface area (Å²) in [6, 6.07) is 18.8. The maximum atomic E-state index is 13.2. The molecule has 0 bridgehead atoms. The number of hydrogen-bond acceptors (Lipinski definition) is 6. The van der Waals surface area contributed by atoms with Gasteiger partial charge in [0.1, 0.15) is 0 Å². The van der Waals surface area contributed by atoms with Gasteiger partial charge < -0.3 is 0 Å². The van der Waals surface area contributed by atoms with Crippen LogP contribution in [0.3, 0.4) is 0 Å². The second-order valence-corrected chi connectivity index (χ2v) is 23.6. The Labute approximate surface area is 363 Å². The lowest BCUT2D eigenvalue weighted by Gasteiger charge is -2.17. The predicted molar refractivity (Wildman–Crippen MR) is 224 cm³/mol. The maximum Gasteiger partial charge on any atom is 0.443 e. The standard InChI is InChI=1S/C15H14F3NSSi.C14H4F9NS.C13H8F3NS/c1-21(2,3)10-5-6-11-9(8-10)4-7-12-13(11)19-14(20-12)15(16,17)18;15-12(16,17)5-1-2-6-7(3-5)8(13(18,19)20)4-9-10(6)24-11(25-9)14(21,22)23;1-7-17-12-10-4-3-9(13(14,15)16)6-8(10)2-5-11(12)18-7/h4-8H,1-3H3;1-4H;2-6H,1H3. The summed E-state index contributed by atoms with van der Waals surface area (Å²) in [5.74, 6) is 0. The van der Waals surface area contributed by atoms with E-state index in [2.05, 4.69) is 40.7 Å². The van der Waals surface area contributed by atoms with E-state index in [1.165, 1.54) is 17.3 Å². The molecule has 3 aromatic heterocycles. The number of aryl methyl sites for hydroxylation is 1. The highest BCUT2D eigenvalue weighted by molar-refractivity contribution is 7.19. The number of rotatable bonds is 1. The average molecular weight is 982 g/mol. The first-order valence-corrected chi connectivity index (χ1v) is 24.2. The van der Waals surface area contributed by atoms with Crippen LogP contribution in [-0.2, 0) is 30.9 Å². The van der Waals surface area contributed by atoms with Crippen molar-refractivity contribution in [1.82, 2.24) is 15.0 Å². The van der Waals surface area contributed by atoms with E-state index in [4.69, 9.17) is 0 Å². The first kappa shape index (κ1) is 46.9. The second-order valence-electron chi connectivity index (χ2n) is 15.2. The fourth-order valence-corrected chi connectivity index (χ4v) is 10.4. The van der Waals surface area contributed by atoms with Gasteiger partial charge in [0.05, 0.1) is 60.4 Å². The van der Waals surface area contributed by atoms with Crippen molar-refractivity contribution in [2.75, 3.05) is 0 Å². The highest BCUT2D eigenvalue weighted by Gasteiger charge is 2.39. The number of halogens is 15. The minimum Gasteiger partial charge on any atom is -0.241 e. The lowest BCUT2D eigenvalue weighted by Crippen LogP contribution is -2.37. The van der Waals surface area contributed by atoms with Gasteiger partial charge in [-0.1, -0.05) is 67.3 Å². The first-order chi connectivity index (χ1) is 29.4. The van der Waals surface area contributed by atoms with E-state index in [0.717, 1.165) is 37.4 Å². The summed E-state index contributed by atoms with van der Waals surface area (Å²) in [5, 5.41) is 1.87. The van der Waals surface area contributed by atoms with E-state index >= 15 is 0 Å². The Morgan fingerprint density at radius 3 is 1.38 bits per heavy atom. The van der Waals surface area contributed by atoms with Crippen LogP contribution in [0.4, 0.5) is 65.9 Å². The molecule has 0 spiro atoms. The lowest BCUT2D eigenvalue weighted by molar-refractivity contribution is -0.139. The number of nitrogens with zero attached hydrogens (tertiary/aromatic N) is 3. The molecule has 336 valence electrons. The monoisotopic (exact) mass is 981 g/mol. The fourth-order valence-electron chi connectivity index (χ4n) is 6.65. The number of benzene rings is 6. The van der Waals surface area contributed by atoms with Crippen molar-refractivity contribution in [2.45, 2.75) is 57.4 Å². The average Bonchev–Trinajstić information content (AvgIpc) is 3.93. The molecule has 0 aliphatic heterocycles. The molecular weight excluding hydrogens is 956 g/mol. The van der Waals surface area contributed by atoms with E-state index < -0.39 is 86.7 Å². The lowest BCUT2D eigenvalue weighted by atomic mass is 10.0. The van der Waals surface area contributed by atoms with Crippen LogP contribution in [0.5, 0.6) is 0 Å². The summed E-state index contributed by atoms with van der Waals surface area (Å²) < 4.78 is 194. The molecule has 9 aromatic rings. The molecule has 0 fully saturated rings. The van der Waals surface area contributed by atoms with E-state index in [-0.39, 0.29) is 17.4 Å². The molecule has 0 aliphatic carbocycles. The van der Waals surface area contributed by atoms with Crippen LogP contribution in [-0.4, -0.2) is 23.0 Å². The van der Waals surface area contributed by atoms with Crippen LogP contribution in [0.15, 0.2) is 84.9 Å². The smallest absolute Gasteiger partial charge is 0.241 e. The largest absolute Gasteiger partial charge is 0.443 e. The van der Waals surface area contributed by atoms with Crippen molar-refractivity contribution in [2.24, 2.45) is 0 Å². The van der Waals surface area contributed by atoms with Gasteiger partial charge in [-0.05, 0) is 65.5 Å². The molecule has 3 heterocycles. The van der Waals surface area contributed by atoms with Crippen LogP contribution < -0.4 is 5.19 Å². The number of hydrogen-bond donors (Lipinski definition) is 0. The topological polar surface area (TPSA) is 38.7 Å². The SMILES string of the molecule is C[Si](C)(C)c1ccc2c(ccc3sc(C(F)(F)F)nc32)c1.Cc1nc2c(ccc3cc(C(F)(F)F)ccc32)s1.FC(F)(F)c1ccc2c(c1)c(C(F)(F)F)cc1sc(C(F)(F)F)nc12. The molecule has 22 heteroatoms. The van der Waals surface area contributed by atoms with Crippen molar-refractivity contribution >= 4 is 110 Å². The zero-order valence-corrected chi connectivity index (χ0v) is 36.3. The van der Waals surface area contributed by atoms with Crippen LogP contribution in [0.1, 0.15) is 31.7 Å². The molecule has 0 radical (unpaired) electrons. The van der Waals surface area contributed by atoms with Crippen molar-refractivity contribution in [3.05, 3.63) is 117 Å². The Hall–Kier alpha value is -5.06. The Kier molecular flexibility index (Phi) is 11.8. The van der Waals surface area contributed by atoms with E-state index in [9.17, 15) is 65.9 Å². The quantitative estimate of drug-likeness (QED) is 0.122. The zero-order valence-electron chi connectivity index (χ0n) is 32.8. The Morgan fingerprint density at radius 2 is 0.859 bits per heavy atom. The normalized spacial score (nSPS) is 13.2.